The standard InChI is InChI=1S/C12H20N2S2/c1-9(2)15-8-11-14-10(7-16-11)6-12(13)4-3-5-12/h7,9H,3-6,8,13H2,1-2H3. The zero-order valence-electron chi connectivity index (χ0n) is 10.0. The third kappa shape index (κ3) is 3.22. The van der Waals surface area contributed by atoms with Gasteiger partial charge >= 0.3 is 0 Å². The van der Waals surface area contributed by atoms with Crippen molar-refractivity contribution in [1.29, 1.82) is 0 Å². The van der Waals surface area contributed by atoms with Crippen molar-refractivity contribution in [3.05, 3.63) is 16.1 Å². The van der Waals surface area contributed by atoms with Gasteiger partial charge in [0.15, 0.2) is 0 Å². The van der Waals surface area contributed by atoms with Gasteiger partial charge in [-0.15, -0.1) is 11.3 Å². The fourth-order valence-electron chi connectivity index (χ4n) is 1.90. The van der Waals surface area contributed by atoms with Crippen molar-refractivity contribution in [3.8, 4) is 0 Å². The predicted octanol–water partition coefficient (Wildman–Crippen LogP) is 3.21. The minimum atomic E-state index is 0.0660. The van der Waals surface area contributed by atoms with Gasteiger partial charge in [-0.25, -0.2) is 4.98 Å². The Morgan fingerprint density at radius 2 is 2.31 bits per heavy atom. The van der Waals surface area contributed by atoms with Gasteiger partial charge in [-0.05, 0) is 24.5 Å². The lowest BCUT2D eigenvalue weighted by molar-refractivity contribution is 0.246. The molecule has 4 heteroatoms. The van der Waals surface area contributed by atoms with Crippen LogP contribution in [0.5, 0.6) is 0 Å². The highest BCUT2D eigenvalue weighted by Gasteiger charge is 2.33. The van der Waals surface area contributed by atoms with Crippen LogP contribution in [0.2, 0.25) is 0 Å². The molecule has 1 heterocycles. The summed E-state index contributed by atoms with van der Waals surface area (Å²) >= 11 is 3.73. The molecule has 1 aliphatic carbocycles. The topological polar surface area (TPSA) is 38.9 Å². The predicted molar refractivity (Wildman–Crippen MR) is 73.0 cm³/mol. The average molecular weight is 256 g/mol. The molecule has 0 bridgehead atoms. The molecular weight excluding hydrogens is 236 g/mol. The summed E-state index contributed by atoms with van der Waals surface area (Å²) in [6, 6.07) is 0. The number of nitrogens with zero attached hydrogens (tertiary/aromatic N) is 1. The van der Waals surface area contributed by atoms with Crippen LogP contribution in [0.15, 0.2) is 5.38 Å². The van der Waals surface area contributed by atoms with Crippen LogP contribution in [0, 0.1) is 0 Å². The van der Waals surface area contributed by atoms with E-state index in [9.17, 15) is 0 Å². The van der Waals surface area contributed by atoms with Crippen molar-refractivity contribution >= 4 is 23.1 Å². The third-order valence-corrected chi connectivity index (χ3v) is 5.21. The van der Waals surface area contributed by atoms with Crippen LogP contribution < -0.4 is 5.73 Å². The molecule has 0 saturated heterocycles. The third-order valence-electron chi connectivity index (χ3n) is 3.02. The molecule has 1 fully saturated rings. The second kappa shape index (κ2) is 5.07. The molecule has 2 rings (SSSR count). The first-order valence-corrected chi connectivity index (χ1v) is 7.84. The normalized spacial score (nSPS) is 18.8. The van der Waals surface area contributed by atoms with E-state index in [2.05, 4.69) is 24.2 Å². The van der Waals surface area contributed by atoms with Crippen LogP contribution in [-0.4, -0.2) is 15.8 Å². The van der Waals surface area contributed by atoms with Crippen LogP contribution in [0.3, 0.4) is 0 Å². The molecule has 1 aromatic rings. The molecule has 2 nitrogen and oxygen atoms in total. The number of aromatic nitrogens is 1. The van der Waals surface area contributed by atoms with E-state index in [1.807, 2.05) is 11.8 Å². The second-order valence-electron chi connectivity index (χ2n) is 4.99. The van der Waals surface area contributed by atoms with Gasteiger partial charge in [0.1, 0.15) is 5.01 Å². The van der Waals surface area contributed by atoms with Crippen molar-refractivity contribution in [3.63, 3.8) is 0 Å². The Morgan fingerprint density at radius 3 is 2.88 bits per heavy atom. The molecule has 2 N–H and O–H groups in total. The van der Waals surface area contributed by atoms with Gasteiger partial charge in [0, 0.05) is 23.1 Å². The quantitative estimate of drug-likeness (QED) is 0.879. The highest BCUT2D eigenvalue weighted by atomic mass is 32.2. The zero-order chi connectivity index (χ0) is 11.6. The van der Waals surface area contributed by atoms with Gasteiger partial charge < -0.3 is 5.73 Å². The van der Waals surface area contributed by atoms with Crippen molar-refractivity contribution in [2.45, 2.75) is 56.1 Å². The molecule has 16 heavy (non-hydrogen) atoms. The molecule has 0 spiro atoms. The summed E-state index contributed by atoms with van der Waals surface area (Å²) in [5.41, 5.74) is 7.49. The lowest BCUT2D eigenvalue weighted by Gasteiger charge is -2.37. The Morgan fingerprint density at radius 1 is 1.56 bits per heavy atom. The Labute approximate surface area is 106 Å². The molecule has 0 atom stereocenters. The Bertz CT molecular complexity index is 343. The van der Waals surface area contributed by atoms with Crippen LogP contribution >= 0.6 is 23.1 Å². The number of thioether (sulfide) groups is 1. The van der Waals surface area contributed by atoms with Gasteiger partial charge in [-0.2, -0.15) is 11.8 Å². The minimum Gasteiger partial charge on any atom is -0.325 e. The lowest BCUT2D eigenvalue weighted by Crippen LogP contribution is -2.48. The molecule has 1 aromatic heterocycles. The maximum atomic E-state index is 6.23. The van der Waals surface area contributed by atoms with Crippen molar-refractivity contribution in [2.24, 2.45) is 5.73 Å². The van der Waals surface area contributed by atoms with E-state index in [0.717, 1.165) is 12.2 Å². The summed E-state index contributed by atoms with van der Waals surface area (Å²) < 4.78 is 0. The van der Waals surface area contributed by atoms with Gasteiger partial charge in [0.05, 0.1) is 5.69 Å². The molecule has 0 radical (unpaired) electrons. The maximum absolute atomic E-state index is 6.23. The van der Waals surface area contributed by atoms with E-state index in [1.165, 1.54) is 30.0 Å². The Kier molecular flexibility index (Phi) is 3.93. The molecule has 0 aromatic carbocycles. The van der Waals surface area contributed by atoms with Crippen LogP contribution in [0.1, 0.15) is 43.8 Å². The maximum Gasteiger partial charge on any atom is 0.103 e. The first kappa shape index (κ1) is 12.4. The largest absolute Gasteiger partial charge is 0.325 e. The summed E-state index contributed by atoms with van der Waals surface area (Å²) in [4.78, 5) is 4.67. The summed E-state index contributed by atoms with van der Waals surface area (Å²) in [6.45, 7) is 4.45. The van der Waals surface area contributed by atoms with Crippen LogP contribution in [-0.2, 0) is 12.2 Å². The Balaban J connectivity index is 1.87. The lowest BCUT2D eigenvalue weighted by atomic mass is 9.75. The molecule has 0 amide bonds. The SMILES string of the molecule is CC(C)SCc1nc(CC2(N)CCC2)cs1. The van der Waals surface area contributed by atoms with E-state index in [-0.39, 0.29) is 5.54 Å². The van der Waals surface area contributed by atoms with Gasteiger partial charge in [-0.1, -0.05) is 13.8 Å². The molecule has 0 unspecified atom stereocenters. The van der Waals surface area contributed by atoms with E-state index >= 15 is 0 Å². The number of hydrogen-bond acceptors (Lipinski definition) is 4. The summed E-state index contributed by atoms with van der Waals surface area (Å²) in [7, 11) is 0. The van der Waals surface area contributed by atoms with Crippen molar-refractivity contribution < 1.29 is 0 Å². The van der Waals surface area contributed by atoms with Gasteiger partial charge in [0.25, 0.3) is 0 Å². The minimum absolute atomic E-state index is 0.0660. The molecule has 1 aliphatic rings. The number of thiazole rings is 1. The molecular formula is C12H20N2S2. The number of rotatable bonds is 5. The van der Waals surface area contributed by atoms with E-state index in [0.29, 0.717) is 5.25 Å². The van der Waals surface area contributed by atoms with Gasteiger partial charge in [0.2, 0.25) is 0 Å². The fraction of sp³-hybridized carbons (Fsp3) is 0.750. The monoisotopic (exact) mass is 256 g/mol. The number of hydrogen-bond donors (Lipinski definition) is 1. The summed E-state index contributed by atoms with van der Waals surface area (Å²) in [5.74, 6) is 1.04. The molecule has 90 valence electrons. The highest BCUT2D eigenvalue weighted by molar-refractivity contribution is 7.99. The van der Waals surface area contributed by atoms with E-state index in [1.54, 1.807) is 11.3 Å². The molecule has 0 aliphatic heterocycles. The van der Waals surface area contributed by atoms with Crippen molar-refractivity contribution in [1.82, 2.24) is 4.98 Å². The van der Waals surface area contributed by atoms with E-state index in [4.69, 9.17) is 5.73 Å². The van der Waals surface area contributed by atoms with E-state index < -0.39 is 0 Å². The fourth-order valence-corrected chi connectivity index (χ4v) is 3.50. The van der Waals surface area contributed by atoms with Crippen molar-refractivity contribution in [2.75, 3.05) is 0 Å². The zero-order valence-corrected chi connectivity index (χ0v) is 11.7. The molecule has 1 saturated carbocycles. The summed E-state index contributed by atoms with van der Waals surface area (Å²) in [5, 5.41) is 4.11. The average Bonchev–Trinajstić information content (AvgIpc) is 2.60. The first-order valence-electron chi connectivity index (χ1n) is 5.91. The Hall–Kier alpha value is -0.0600. The van der Waals surface area contributed by atoms with Crippen LogP contribution in [0.25, 0.3) is 0 Å². The summed E-state index contributed by atoms with van der Waals surface area (Å²) in [6.07, 6.45) is 4.59. The second-order valence-corrected chi connectivity index (χ2v) is 7.49. The van der Waals surface area contributed by atoms with Crippen LogP contribution in [0.4, 0.5) is 0 Å². The van der Waals surface area contributed by atoms with Gasteiger partial charge in [-0.3, -0.25) is 0 Å². The number of nitrogens with two attached hydrogens (primary N) is 1. The smallest absolute Gasteiger partial charge is 0.103 e. The highest BCUT2D eigenvalue weighted by Crippen LogP contribution is 2.32. The first-order chi connectivity index (χ1) is 7.57.